The van der Waals surface area contributed by atoms with E-state index in [-0.39, 0.29) is 5.56 Å². The molecule has 0 heterocycles. The van der Waals surface area contributed by atoms with E-state index in [1.807, 2.05) is 0 Å². The Labute approximate surface area is 87.9 Å². The van der Waals surface area contributed by atoms with Crippen molar-refractivity contribution >= 4 is 0 Å². The highest BCUT2D eigenvalue weighted by Crippen LogP contribution is 2.30. The first kappa shape index (κ1) is 12.9. The predicted molar refractivity (Wildman–Crippen MR) is 45.8 cm³/mol. The molecule has 0 fully saturated rings. The minimum Gasteiger partial charge on any atom is -0.171 e. The molecule has 0 aliphatic heterocycles. The van der Waals surface area contributed by atoms with Crippen LogP contribution in [0.25, 0.3) is 0 Å². The number of benzene rings is 1. The van der Waals surface area contributed by atoms with Crippen molar-refractivity contribution in [2.24, 2.45) is 0 Å². The summed E-state index contributed by atoms with van der Waals surface area (Å²) < 4.78 is 72.2. The molecule has 1 rings (SSSR count). The average molecular weight is 242 g/mol. The van der Waals surface area contributed by atoms with Crippen LogP contribution in [0.4, 0.5) is 26.3 Å². The Hall–Kier alpha value is -1.20. The van der Waals surface area contributed by atoms with Crippen LogP contribution in [0.15, 0.2) is 24.3 Å². The summed E-state index contributed by atoms with van der Waals surface area (Å²) in [7, 11) is 0. The fourth-order valence-electron chi connectivity index (χ4n) is 1.19. The maximum absolute atomic E-state index is 12.2. The molecule has 0 nitrogen and oxygen atoms in total. The van der Waals surface area contributed by atoms with E-state index in [9.17, 15) is 26.3 Å². The lowest BCUT2D eigenvalue weighted by Gasteiger charge is -2.09. The zero-order chi connectivity index (χ0) is 12.4. The van der Waals surface area contributed by atoms with Gasteiger partial charge >= 0.3 is 12.4 Å². The van der Waals surface area contributed by atoms with Gasteiger partial charge in [-0.25, -0.2) is 0 Å². The number of halogens is 6. The lowest BCUT2D eigenvalue weighted by atomic mass is 10.1. The van der Waals surface area contributed by atoms with E-state index in [1.54, 1.807) is 0 Å². The Kier molecular flexibility index (Phi) is 3.50. The Morgan fingerprint density at radius 1 is 0.938 bits per heavy atom. The monoisotopic (exact) mass is 242 g/mol. The van der Waals surface area contributed by atoms with Crippen molar-refractivity contribution in [2.45, 2.75) is 25.2 Å². The molecule has 0 aromatic heterocycles. The van der Waals surface area contributed by atoms with E-state index >= 15 is 0 Å². The van der Waals surface area contributed by atoms with Gasteiger partial charge < -0.3 is 0 Å². The minimum absolute atomic E-state index is 0.0344. The van der Waals surface area contributed by atoms with E-state index in [0.29, 0.717) is 0 Å². The quantitative estimate of drug-likeness (QED) is 0.682. The summed E-state index contributed by atoms with van der Waals surface area (Å²) in [6.45, 7) is 0. The molecule has 1 aromatic rings. The Balaban J connectivity index is 2.76. The normalized spacial score (nSPS) is 12.9. The van der Waals surface area contributed by atoms with Crippen LogP contribution in [0.1, 0.15) is 17.5 Å². The van der Waals surface area contributed by atoms with Gasteiger partial charge in [0, 0.05) is 6.42 Å². The summed E-state index contributed by atoms with van der Waals surface area (Å²) in [4.78, 5) is 0. The first-order valence-electron chi connectivity index (χ1n) is 4.41. The fourth-order valence-corrected chi connectivity index (χ4v) is 1.19. The molecule has 0 bridgehead atoms. The van der Waals surface area contributed by atoms with Gasteiger partial charge in [0.25, 0.3) is 0 Å². The standard InChI is InChI=1S/C10H8F6/c11-9(12,13)5-4-7-2-1-3-8(6-7)10(14,15)16/h1-3,6H,4-5H2. The highest BCUT2D eigenvalue weighted by atomic mass is 19.4. The van der Waals surface area contributed by atoms with Crippen molar-refractivity contribution in [3.63, 3.8) is 0 Å². The van der Waals surface area contributed by atoms with Crippen LogP contribution in [0, 0.1) is 0 Å². The third-order valence-electron chi connectivity index (χ3n) is 1.95. The number of hydrogen-bond acceptors (Lipinski definition) is 0. The molecule has 0 aliphatic carbocycles. The number of rotatable bonds is 2. The van der Waals surface area contributed by atoms with Crippen molar-refractivity contribution < 1.29 is 26.3 Å². The Morgan fingerprint density at radius 2 is 1.56 bits per heavy atom. The van der Waals surface area contributed by atoms with Gasteiger partial charge in [-0.2, -0.15) is 26.3 Å². The first-order chi connectivity index (χ1) is 7.18. The summed E-state index contributed by atoms with van der Waals surface area (Å²) in [5, 5.41) is 0. The van der Waals surface area contributed by atoms with E-state index in [0.717, 1.165) is 18.2 Å². The van der Waals surface area contributed by atoms with Crippen LogP contribution in [-0.2, 0) is 12.6 Å². The molecular formula is C10H8F6. The molecule has 0 N–H and O–H groups in total. The van der Waals surface area contributed by atoms with Gasteiger partial charge in [0.1, 0.15) is 0 Å². The smallest absolute Gasteiger partial charge is 0.171 e. The van der Waals surface area contributed by atoms with Gasteiger partial charge in [0.2, 0.25) is 0 Å². The number of aryl methyl sites for hydroxylation is 1. The van der Waals surface area contributed by atoms with E-state index < -0.39 is 30.8 Å². The van der Waals surface area contributed by atoms with Crippen molar-refractivity contribution in [3.8, 4) is 0 Å². The van der Waals surface area contributed by atoms with Crippen LogP contribution in [0.3, 0.4) is 0 Å². The van der Waals surface area contributed by atoms with Crippen molar-refractivity contribution in [2.75, 3.05) is 0 Å². The second-order valence-electron chi connectivity index (χ2n) is 3.31. The van der Waals surface area contributed by atoms with Crippen LogP contribution in [0.2, 0.25) is 0 Å². The molecule has 0 spiro atoms. The summed E-state index contributed by atoms with van der Waals surface area (Å²) >= 11 is 0. The third-order valence-corrected chi connectivity index (χ3v) is 1.95. The summed E-state index contributed by atoms with van der Waals surface area (Å²) in [5.41, 5.74) is -0.890. The molecule has 0 saturated heterocycles. The van der Waals surface area contributed by atoms with Gasteiger partial charge in [-0.15, -0.1) is 0 Å². The maximum atomic E-state index is 12.2. The molecule has 90 valence electrons. The number of hydrogen-bond donors (Lipinski definition) is 0. The second kappa shape index (κ2) is 4.35. The second-order valence-corrected chi connectivity index (χ2v) is 3.31. The van der Waals surface area contributed by atoms with E-state index in [1.165, 1.54) is 6.07 Å². The molecule has 0 radical (unpaired) electrons. The molecule has 1 aromatic carbocycles. The van der Waals surface area contributed by atoms with Gasteiger partial charge in [-0.05, 0) is 18.1 Å². The Bertz CT molecular complexity index is 349. The predicted octanol–water partition coefficient (Wildman–Crippen LogP) is 4.20. The summed E-state index contributed by atoms with van der Waals surface area (Å²) in [6.07, 6.45) is -10.4. The summed E-state index contributed by atoms with van der Waals surface area (Å²) in [5.74, 6) is 0. The third kappa shape index (κ3) is 4.12. The Morgan fingerprint density at radius 3 is 2.06 bits per heavy atom. The van der Waals surface area contributed by atoms with Gasteiger partial charge in [0.05, 0.1) is 5.56 Å². The number of alkyl halides is 6. The molecule has 16 heavy (non-hydrogen) atoms. The zero-order valence-corrected chi connectivity index (χ0v) is 7.99. The lowest BCUT2D eigenvalue weighted by molar-refractivity contribution is -0.137. The average Bonchev–Trinajstić information content (AvgIpc) is 2.13. The van der Waals surface area contributed by atoms with Crippen LogP contribution in [-0.4, -0.2) is 6.18 Å². The zero-order valence-electron chi connectivity index (χ0n) is 7.99. The van der Waals surface area contributed by atoms with Gasteiger partial charge in [-0.3, -0.25) is 0 Å². The van der Waals surface area contributed by atoms with Gasteiger partial charge in [0.15, 0.2) is 0 Å². The molecule has 6 heteroatoms. The highest BCUT2D eigenvalue weighted by Gasteiger charge is 2.31. The SMILES string of the molecule is FC(F)(F)CCc1cccc(C(F)(F)F)c1. The van der Waals surface area contributed by atoms with Crippen LogP contribution < -0.4 is 0 Å². The molecule has 0 atom stereocenters. The van der Waals surface area contributed by atoms with Crippen LogP contribution >= 0.6 is 0 Å². The van der Waals surface area contributed by atoms with E-state index in [2.05, 4.69) is 0 Å². The van der Waals surface area contributed by atoms with Crippen molar-refractivity contribution in [1.29, 1.82) is 0 Å². The topological polar surface area (TPSA) is 0 Å². The molecule has 0 unspecified atom stereocenters. The molecular weight excluding hydrogens is 234 g/mol. The van der Waals surface area contributed by atoms with Crippen molar-refractivity contribution in [3.05, 3.63) is 35.4 Å². The first-order valence-corrected chi connectivity index (χ1v) is 4.41. The van der Waals surface area contributed by atoms with Crippen molar-refractivity contribution in [1.82, 2.24) is 0 Å². The summed E-state index contributed by atoms with van der Waals surface area (Å²) in [6, 6.07) is 3.93. The highest BCUT2D eigenvalue weighted by molar-refractivity contribution is 5.25. The molecule has 0 saturated carbocycles. The molecule has 0 aliphatic rings. The van der Waals surface area contributed by atoms with Crippen LogP contribution in [0.5, 0.6) is 0 Å². The minimum atomic E-state index is -4.52. The lowest BCUT2D eigenvalue weighted by Crippen LogP contribution is -2.09. The molecule has 0 amide bonds. The largest absolute Gasteiger partial charge is 0.416 e. The van der Waals surface area contributed by atoms with E-state index in [4.69, 9.17) is 0 Å². The van der Waals surface area contributed by atoms with Gasteiger partial charge in [-0.1, -0.05) is 18.2 Å². The maximum Gasteiger partial charge on any atom is 0.416 e. The fraction of sp³-hybridized carbons (Fsp3) is 0.400.